The molecule has 0 fully saturated rings. The van der Waals surface area contributed by atoms with Gasteiger partial charge in [-0.2, -0.15) is 0 Å². The van der Waals surface area contributed by atoms with Gasteiger partial charge in [-0.3, -0.25) is 4.79 Å². The zero-order chi connectivity index (χ0) is 17.0. The molecule has 1 aromatic carbocycles. The van der Waals surface area contributed by atoms with Gasteiger partial charge >= 0.3 is 0 Å². The van der Waals surface area contributed by atoms with E-state index in [-0.39, 0.29) is 11.2 Å². The van der Waals surface area contributed by atoms with Crippen molar-refractivity contribution in [3.05, 3.63) is 29.3 Å². The van der Waals surface area contributed by atoms with Crippen LogP contribution in [0.3, 0.4) is 0 Å². The molecular weight excluding hydrogens is 310 g/mol. The molecule has 0 aliphatic carbocycles. The quantitative estimate of drug-likeness (QED) is 0.818. The fraction of sp³-hybridized carbons (Fsp3) is 0.471. The van der Waals surface area contributed by atoms with Crippen LogP contribution in [-0.4, -0.2) is 27.9 Å². The van der Waals surface area contributed by atoms with E-state index in [9.17, 15) is 4.79 Å². The van der Waals surface area contributed by atoms with E-state index >= 15 is 0 Å². The number of hydrogen-bond donors (Lipinski definition) is 1. The van der Waals surface area contributed by atoms with Gasteiger partial charge in [0, 0.05) is 12.1 Å². The molecule has 0 unspecified atom stereocenters. The van der Waals surface area contributed by atoms with Crippen LogP contribution in [0, 0.1) is 19.8 Å². The number of hydrogen-bond acceptors (Lipinski definition) is 5. The Morgan fingerprint density at radius 1 is 1.17 bits per heavy atom. The number of rotatable bonds is 6. The molecule has 124 valence electrons. The lowest BCUT2D eigenvalue weighted by molar-refractivity contribution is -0.120. The van der Waals surface area contributed by atoms with E-state index in [0.717, 1.165) is 16.7 Å². The highest BCUT2D eigenvalue weighted by molar-refractivity contribution is 8.00. The second-order valence-corrected chi connectivity index (χ2v) is 7.44. The maximum atomic E-state index is 12.0. The largest absolute Gasteiger partial charge is 0.411 e. The molecule has 2 aromatic rings. The van der Waals surface area contributed by atoms with Crippen LogP contribution in [-0.2, 0) is 4.79 Å². The van der Waals surface area contributed by atoms with Crippen molar-refractivity contribution in [2.45, 2.75) is 45.1 Å². The van der Waals surface area contributed by atoms with E-state index < -0.39 is 0 Å². The highest BCUT2D eigenvalue weighted by Crippen LogP contribution is 2.27. The van der Waals surface area contributed by atoms with Crippen molar-refractivity contribution in [3.63, 3.8) is 0 Å². The minimum absolute atomic E-state index is 0.0187. The van der Waals surface area contributed by atoms with Crippen LogP contribution in [0.15, 0.2) is 27.8 Å². The van der Waals surface area contributed by atoms with Crippen molar-refractivity contribution in [1.82, 2.24) is 15.5 Å². The van der Waals surface area contributed by atoms with Crippen LogP contribution in [0.25, 0.3) is 11.5 Å². The average Bonchev–Trinajstić information content (AvgIpc) is 2.92. The van der Waals surface area contributed by atoms with Gasteiger partial charge in [0.2, 0.25) is 11.8 Å². The number of amides is 1. The lowest BCUT2D eigenvalue weighted by atomic mass is 10.1. The van der Waals surface area contributed by atoms with Crippen LogP contribution in [0.2, 0.25) is 0 Å². The van der Waals surface area contributed by atoms with Gasteiger partial charge in [0.25, 0.3) is 5.22 Å². The van der Waals surface area contributed by atoms with Crippen LogP contribution >= 0.6 is 11.8 Å². The van der Waals surface area contributed by atoms with Gasteiger partial charge < -0.3 is 9.73 Å². The van der Waals surface area contributed by atoms with Crippen molar-refractivity contribution in [2.24, 2.45) is 5.92 Å². The molecule has 2 rings (SSSR count). The first-order valence-electron chi connectivity index (χ1n) is 7.71. The summed E-state index contributed by atoms with van der Waals surface area (Å²) in [7, 11) is 0. The Labute approximate surface area is 141 Å². The first kappa shape index (κ1) is 17.5. The molecule has 1 amide bonds. The summed E-state index contributed by atoms with van der Waals surface area (Å²) in [5, 5.41) is 11.2. The molecule has 1 heterocycles. The van der Waals surface area contributed by atoms with E-state index in [2.05, 4.69) is 35.4 Å². The Morgan fingerprint density at radius 2 is 1.83 bits per heavy atom. The molecule has 0 bridgehead atoms. The van der Waals surface area contributed by atoms with Crippen molar-refractivity contribution in [1.29, 1.82) is 0 Å². The predicted octanol–water partition coefficient (Wildman–Crippen LogP) is 3.61. The summed E-state index contributed by atoms with van der Waals surface area (Å²) < 4.78 is 5.69. The molecule has 6 heteroatoms. The summed E-state index contributed by atoms with van der Waals surface area (Å²) in [5.41, 5.74) is 3.20. The highest BCUT2D eigenvalue weighted by atomic mass is 32.2. The van der Waals surface area contributed by atoms with Gasteiger partial charge in [-0.1, -0.05) is 42.8 Å². The summed E-state index contributed by atoms with van der Waals surface area (Å²) in [6.07, 6.45) is 0. The number of aromatic nitrogens is 2. The summed E-state index contributed by atoms with van der Waals surface area (Å²) >= 11 is 1.27. The first-order valence-corrected chi connectivity index (χ1v) is 8.59. The summed E-state index contributed by atoms with van der Waals surface area (Å²) in [6, 6.07) is 6.11. The van der Waals surface area contributed by atoms with Crippen molar-refractivity contribution >= 4 is 17.7 Å². The molecule has 0 saturated carbocycles. The number of thioether (sulfide) groups is 1. The number of benzene rings is 1. The molecule has 1 N–H and O–H groups in total. The Morgan fingerprint density at radius 3 is 2.43 bits per heavy atom. The number of nitrogens with one attached hydrogen (secondary N) is 1. The molecule has 1 atom stereocenters. The van der Waals surface area contributed by atoms with E-state index in [4.69, 9.17) is 4.42 Å². The van der Waals surface area contributed by atoms with Crippen LogP contribution in [0.1, 0.15) is 31.9 Å². The van der Waals surface area contributed by atoms with E-state index in [0.29, 0.717) is 23.6 Å². The third-order valence-electron chi connectivity index (χ3n) is 3.21. The molecule has 1 aromatic heterocycles. The summed E-state index contributed by atoms with van der Waals surface area (Å²) in [6.45, 7) is 10.7. The van der Waals surface area contributed by atoms with Gasteiger partial charge in [-0.15, -0.1) is 10.2 Å². The third-order valence-corrected chi connectivity index (χ3v) is 4.14. The van der Waals surface area contributed by atoms with E-state index in [1.54, 1.807) is 0 Å². The molecule has 0 radical (unpaired) electrons. The number of carbonyl (C=O) groups excluding carboxylic acids is 1. The lowest BCUT2D eigenvalue weighted by Crippen LogP contribution is -2.33. The fourth-order valence-electron chi connectivity index (χ4n) is 2.13. The predicted molar refractivity (Wildman–Crippen MR) is 92.4 cm³/mol. The second kappa shape index (κ2) is 7.64. The molecule has 23 heavy (non-hydrogen) atoms. The van der Waals surface area contributed by atoms with Crippen molar-refractivity contribution in [2.75, 3.05) is 6.54 Å². The van der Waals surface area contributed by atoms with Crippen molar-refractivity contribution in [3.8, 4) is 11.5 Å². The molecule has 0 aliphatic heterocycles. The van der Waals surface area contributed by atoms with E-state index in [1.807, 2.05) is 32.9 Å². The molecule has 0 aliphatic rings. The maximum absolute atomic E-state index is 12.0. The topological polar surface area (TPSA) is 68.0 Å². The van der Waals surface area contributed by atoms with E-state index in [1.165, 1.54) is 11.8 Å². The SMILES string of the molecule is Cc1cc(C)cc(-c2nnc(S[C@@H](C)C(=O)NCC(C)C)o2)c1. The van der Waals surface area contributed by atoms with Crippen molar-refractivity contribution < 1.29 is 9.21 Å². The minimum Gasteiger partial charge on any atom is -0.411 e. The highest BCUT2D eigenvalue weighted by Gasteiger charge is 2.18. The second-order valence-electron chi connectivity index (χ2n) is 6.15. The first-order chi connectivity index (χ1) is 10.8. The smallest absolute Gasteiger partial charge is 0.277 e. The number of nitrogens with zero attached hydrogens (tertiary/aromatic N) is 2. The Kier molecular flexibility index (Phi) is 5.82. The maximum Gasteiger partial charge on any atom is 0.277 e. The van der Waals surface area contributed by atoms with Gasteiger partial charge in [0.05, 0.1) is 5.25 Å². The summed E-state index contributed by atoms with van der Waals surface area (Å²) in [5.74, 6) is 0.889. The standard InChI is InChI=1S/C17H23N3O2S/c1-10(2)9-18-15(21)13(5)23-17-20-19-16(22-17)14-7-11(3)6-12(4)8-14/h6-8,10,13H,9H2,1-5H3,(H,18,21)/t13-/m0/s1. The molecule has 0 spiro atoms. The Hall–Kier alpha value is -1.82. The number of aryl methyl sites for hydroxylation is 2. The van der Waals surface area contributed by atoms with Gasteiger partial charge in [-0.05, 0) is 38.8 Å². The monoisotopic (exact) mass is 333 g/mol. The van der Waals surface area contributed by atoms with Crippen LogP contribution in [0.4, 0.5) is 0 Å². The third kappa shape index (κ3) is 5.10. The zero-order valence-corrected chi connectivity index (χ0v) is 15.0. The lowest BCUT2D eigenvalue weighted by Gasteiger charge is -2.11. The average molecular weight is 333 g/mol. The summed E-state index contributed by atoms with van der Waals surface area (Å²) in [4.78, 5) is 12.0. The van der Waals surface area contributed by atoms with Gasteiger partial charge in [-0.25, -0.2) is 0 Å². The molecule has 5 nitrogen and oxygen atoms in total. The zero-order valence-electron chi connectivity index (χ0n) is 14.2. The van der Waals surface area contributed by atoms with Crippen LogP contribution < -0.4 is 5.32 Å². The molecule has 0 saturated heterocycles. The fourth-order valence-corrected chi connectivity index (χ4v) is 2.83. The minimum atomic E-state index is -0.277. The Balaban J connectivity index is 2.03. The normalized spacial score (nSPS) is 12.4. The van der Waals surface area contributed by atoms with Gasteiger partial charge in [0.15, 0.2) is 0 Å². The van der Waals surface area contributed by atoms with Crippen LogP contribution in [0.5, 0.6) is 0 Å². The Bertz CT molecular complexity index is 662. The number of carbonyl (C=O) groups is 1. The van der Waals surface area contributed by atoms with Gasteiger partial charge in [0.1, 0.15) is 0 Å². The molecular formula is C17H23N3O2S.